The zero-order chi connectivity index (χ0) is 31.5. The molecule has 0 radical (unpaired) electrons. The average molecular weight is 625 g/mol. The molecule has 2 aliphatic heterocycles. The predicted octanol–water partition coefficient (Wildman–Crippen LogP) is 5.99. The summed E-state index contributed by atoms with van der Waals surface area (Å²) in [5, 5.41) is 12.5. The number of rotatable bonds is 9. The first-order valence-electron chi connectivity index (χ1n) is 15.0. The van der Waals surface area contributed by atoms with Crippen LogP contribution in [0.2, 0.25) is 0 Å². The van der Waals surface area contributed by atoms with Crippen molar-refractivity contribution in [2.24, 2.45) is 5.92 Å². The van der Waals surface area contributed by atoms with Crippen LogP contribution in [0.15, 0.2) is 42.0 Å². The molecule has 234 valence electrons. The summed E-state index contributed by atoms with van der Waals surface area (Å²) in [4.78, 5) is 35.4. The van der Waals surface area contributed by atoms with Crippen LogP contribution >= 0.6 is 11.3 Å². The number of halogens is 2. The molecule has 1 aromatic carbocycles. The van der Waals surface area contributed by atoms with Crippen LogP contribution in [0, 0.1) is 17.2 Å². The van der Waals surface area contributed by atoms with E-state index in [1.54, 1.807) is 11.0 Å². The van der Waals surface area contributed by atoms with Gasteiger partial charge in [-0.3, -0.25) is 19.8 Å². The Hall–Kier alpha value is -3.66. The lowest BCUT2D eigenvalue weighted by Gasteiger charge is -2.35. The third-order valence-corrected chi connectivity index (χ3v) is 8.98. The Morgan fingerprint density at radius 3 is 2.61 bits per heavy atom. The van der Waals surface area contributed by atoms with Gasteiger partial charge in [0.05, 0.1) is 39.0 Å². The summed E-state index contributed by atoms with van der Waals surface area (Å²) < 4.78 is 34.2. The van der Waals surface area contributed by atoms with Gasteiger partial charge >= 0.3 is 0 Å². The molecule has 44 heavy (non-hydrogen) atoms. The molecule has 3 atom stereocenters. The van der Waals surface area contributed by atoms with E-state index >= 15 is 0 Å². The first-order valence-corrected chi connectivity index (χ1v) is 15.8. The highest BCUT2D eigenvalue weighted by molar-refractivity contribution is 7.14. The molecule has 12 heteroatoms. The quantitative estimate of drug-likeness (QED) is 0.232. The van der Waals surface area contributed by atoms with E-state index in [2.05, 4.69) is 30.1 Å². The van der Waals surface area contributed by atoms with Gasteiger partial charge in [-0.2, -0.15) is 5.26 Å². The highest BCUT2D eigenvalue weighted by atomic mass is 32.1. The third kappa shape index (κ3) is 7.17. The number of aromatic nitrogens is 2. The maximum atomic E-state index is 13.4. The molecule has 0 spiro atoms. The van der Waals surface area contributed by atoms with Crippen LogP contribution in [-0.2, 0) is 22.6 Å². The molecule has 2 fully saturated rings. The number of hydrogen-bond acceptors (Lipinski definition) is 7. The summed E-state index contributed by atoms with van der Waals surface area (Å²) in [5.41, 5.74) is 2.65. The second kappa shape index (κ2) is 13.5. The number of likely N-dealkylation sites (tertiary alicyclic amines) is 1. The van der Waals surface area contributed by atoms with Crippen molar-refractivity contribution in [3.05, 3.63) is 57.3 Å². The molecule has 2 amide bonds. The van der Waals surface area contributed by atoms with E-state index < -0.39 is 12.3 Å². The Morgan fingerprint density at radius 2 is 1.95 bits per heavy atom. The van der Waals surface area contributed by atoms with E-state index in [0.717, 1.165) is 54.9 Å². The van der Waals surface area contributed by atoms with Crippen LogP contribution in [0.1, 0.15) is 67.1 Å². The van der Waals surface area contributed by atoms with Crippen LogP contribution in [0.5, 0.6) is 0 Å². The van der Waals surface area contributed by atoms with E-state index in [4.69, 9.17) is 9.72 Å². The normalized spacial score (nSPS) is 21.4. The summed E-state index contributed by atoms with van der Waals surface area (Å²) in [6, 6.07) is 10.5. The van der Waals surface area contributed by atoms with Crippen LogP contribution < -0.4 is 5.32 Å². The number of amides is 2. The van der Waals surface area contributed by atoms with Gasteiger partial charge in [0.25, 0.3) is 18.2 Å². The van der Waals surface area contributed by atoms with Crippen molar-refractivity contribution in [3.8, 4) is 6.07 Å². The molecule has 9 nitrogen and oxygen atoms in total. The fourth-order valence-corrected chi connectivity index (χ4v) is 6.89. The highest BCUT2D eigenvalue weighted by Crippen LogP contribution is 2.30. The molecule has 4 heterocycles. The number of nitrogens with one attached hydrogen (secondary N) is 1. The Kier molecular flexibility index (Phi) is 9.78. The van der Waals surface area contributed by atoms with Crippen molar-refractivity contribution >= 4 is 40.1 Å². The fraction of sp³-hybridized carbons (Fsp3) is 0.500. The monoisotopic (exact) mass is 624 g/mol. The second-order valence-electron chi connectivity index (χ2n) is 12.0. The summed E-state index contributed by atoms with van der Waals surface area (Å²) in [6.45, 7) is 11.2. The number of carbonyl (C=O) groups is 2. The topological polar surface area (TPSA) is 103 Å². The number of nitrogens with zero attached hydrogens (tertiary/aromatic N) is 5. The van der Waals surface area contributed by atoms with Crippen molar-refractivity contribution in [2.75, 3.05) is 25.0 Å². The minimum absolute atomic E-state index is 0.0509. The van der Waals surface area contributed by atoms with E-state index in [0.29, 0.717) is 18.6 Å². The number of anilines is 1. The Labute approximate surface area is 260 Å². The van der Waals surface area contributed by atoms with Crippen molar-refractivity contribution in [1.82, 2.24) is 19.4 Å². The van der Waals surface area contributed by atoms with Gasteiger partial charge < -0.3 is 14.2 Å². The van der Waals surface area contributed by atoms with Crippen LogP contribution in [0.3, 0.4) is 0 Å². The smallest absolute Gasteiger partial charge is 0.272 e. The van der Waals surface area contributed by atoms with Gasteiger partial charge in [0.15, 0.2) is 0 Å². The van der Waals surface area contributed by atoms with Gasteiger partial charge in [-0.1, -0.05) is 26.0 Å². The van der Waals surface area contributed by atoms with Crippen molar-refractivity contribution in [1.29, 1.82) is 5.26 Å². The lowest BCUT2D eigenvalue weighted by molar-refractivity contribution is -0.127. The summed E-state index contributed by atoms with van der Waals surface area (Å²) in [7, 11) is 0. The lowest BCUT2D eigenvalue weighted by atomic mass is 10.1. The molecular weight excluding hydrogens is 586 g/mol. The number of morpholine rings is 1. The summed E-state index contributed by atoms with van der Waals surface area (Å²) >= 11 is 0.746. The molecule has 2 unspecified atom stereocenters. The van der Waals surface area contributed by atoms with E-state index in [1.165, 1.54) is 12.1 Å². The molecule has 0 bridgehead atoms. The number of thiophene rings is 1. The zero-order valence-corrected chi connectivity index (χ0v) is 26.2. The molecule has 0 aliphatic carbocycles. The summed E-state index contributed by atoms with van der Waals surface area (Å²) in [5.74, 6) is -0.496. The molecule has 3 aromatic rings. The number of carbonyl (C=O) groups excluding carboxylic acids is 2. The number of imidazole rings is 1. The highest BCUT2D eigenvalue weighted by Gasteiger charge is 2.32. The minimum atomic E-state index is -2.66. The van der Waals surface area contributed by atoms with Gasteiger partial charge in [-0.25, -0.2) is 13.8 Å². The average Bonchev–Trinajstić information content (AvgIpc) is 3.70. The first kappa shape index (κ1) is 31.8. The number of fused-ring (bicyclic) bond motifs is 1. The molecule has 2 saturated heterocycles. The van der Waals surface area contributed by atoms with Crippen molar-refractivity contribution < 1.29 is 23.1 Å². The summed E-state index contributed by atoms with van der Waals surface area (Å²) in [6.07, 6.45) is 0.823. The van der Waals surface area contributed by atoms with Crippen molar-refractivity contribution in [2.45, 2.75) is 78.3 Å². The van der Waals surface area contributed by atoms with Gasteiger partial charge in [-0.05, 0) is 62.4 Å². The number of ether oxygens (including phenoxy) is 1. The largest absolute Gasteiger partial charge is 0.373 e. The second-order valence-corrected chi connectivity index (χ2v) is 13.1. The number of nitriles is 1. The van der Waals surface area contributed by atoms with Gasteiger partial charge in [-0.15, -0.1) is 11.3 Å². The third-order valence-electron chi connectivity index (χ3n) is 7.89. The standard InChI is InChI=1S/C32H38F2N6O3S/c1-19(2)12-23(14-35)31(42)39-11-5-6-24(39)18-40-26-8-7-22(17-38-15-20(3)43-21(4)16-38)13-25(26)36-32(40)37-30(41)28-10-9-27(44-28)29(33)34/h7-10,12-13,19-21,24,29H,5-6,11,15-18H2,1-4H3,(H,36,37,41)/t20?,21?,24-/m1/s1. The molecule has 2 aliphatic rings. The Balaban J connectivity index is 1.46. The zero-order valence-electron chi connectivity index (χ0n) is 25.4. The van der Waals surface area contributed by atoms with E-state index in [1.807, 2.05) is 36.6 Å². The first-order chi connectivity index (χ1) is 21.0. The maximum absolute atomic E-state index is 13.4. The molecule has 0 saturated carbocycles. The van der Waals surface area contributed by atoms with Crippen LogP contribution in [0.25, 0.3) is 11.0 Å². The minimum Gasteiger partial charge on any atom is -0.373 e. The number of benzene rings is 1. The number of alkyl halides is 2. The van der Waals surface area contributed by atoms with E-state index in [-0.39, 0.29) is 51.4 Å². The molecule has 2 aromatic heterocycles. The maximum Gasteiger partial charge on any atom is 0.272 e. The molecule has 5 rings (SSSR count). The molecular formula is C32H38F2N6O3S. The predicted molar refractivity (Wildman–Crippen MR) is 166 cm³/mol. The van der Waals surface area contributed by atoms with Crippen LogP contribution in [-0.4, -0.2) is 69.0 Å². The lowest BCUT2D eigenvalue weighted by Crippen LogP contribution is -2.44. The fourth-order valence-electron chi connectivity index (χ4n) is 6.13. The molecule has 1 N–H and O–H groups in total. The van der Waals surface area contributed by atoms with E-state index in [9.17, 15) is 23.6 Å². The SMILES string of the molecule is CC(C)C=C(C#N)C(=O)N1CCC[C@@H]1Cn1c(NC(=O)c2ccc(C(F)F)s2)nc2cc(CN3CC(C)OC(C)C3)ccc21. The van der Waals surface area contributed by atoms with Crippen molar-refractivity contribution in [3.63, 3.8) is 0 Å². The Morgan fingerprint density at radius 1 is 1.20 bits per heavy atom. The van der Waals surface area contributed by atoms with Gasteiger partial charge in [0.1, 0.15) is 11.6 Å². The van der Waals surface area contributed by atoms with Gasteiger partial charge in [0, 0.05) is 32.7 Å². The number of allylic oxidation sites excluding steroid dienone is 1. The number of hydrogen-bond donors (Lipinski definition) is 1. The van der Waals surface area contributed by atoms with Crippen LogP contribution in [0.4, 0.5) is 14.7 Å². The van der Waals surface area contributed by atoms with Gasteiger partial charge in [0.2, 0.25) is 5.95 Å². The Bertz CT molecular complexity index is 1580.